The van der Waals surface area contributed by atoms with Crippen LogP contribution in [-0.4, -0.2) is 15.0 Å². The summed E-state index contributed by atoms with van der Waals surface area (Å²) in [7, 11) is 1.86. The second-order valence-electron chi connectivity index (χ2n) is 4.08. The van der Waals surface area contributed by atoms with Crippen LogP contribution in [-0.2, 0) is 13.5 Å². The molecule has 0 spiro atoms. The molecule has 0 aromatic carbocycles. The molecule has 16 heavy (non-hydrogen) atoms. The molecule has 5 heteroatoms. The molecule has 0 bridgehead atoms. The van der Waals surface area contributed by atoms with Gasteiger partial charge in [0.15, 0.2) is 0 Å². The van der Waals surface area contributed by atoms with Gasteiger partial charge in [-0.1, -0.05) is 5.21 Å². The highest BCUT2D eigenvalue weighted by molar-refractivity contribution is 7.12. The average Bonchev–Trinajstić information content (AvgIpc) is 2.75. The van der Waals surface area contributed by atoms with Gasteiger partial charge in [0.25, 0.3) is 0 Å². The number of aryl methyl sites for hydroxylation is 3. The number of nitrogens with two attached hydrogens (primary N) is 1. The zero-order valence-corrected chi connectivity index (χ0v) is 10.6. The van der Waals surface area contributed by atoms with Crippen molar-refractivity contribution < 1.29 is 0 Å². The molecule has 2 aromatic heterocycles. The Bertz CT molecular complexity index is 466. The van der Waals surface area contributed by atoms with Crippen molar-refractivity contribution in [3.8, 4) is 0 Å². The van der Waals surface area contributed by atoms with Crippen LogP contribution in [0.5, 0.6) is 0 Å². The van der Waals surface area contributed by atoms with E-state index in [2.05, 4.69) is 30.2 Å². The van der Waals surface area contributed by atoms with Crippen LogP contribution in [0.3, 0.4) is 0 Å². The van der Waals surface area contributed by atoms with Gasteiger partial charge in [-0.2, -0.15) is 0 Å². The van der Waals surface area contributed by atoms with Crippen LogP contribution in [0.2, 0.25) is 0 Å². The van der Waals surface area contributed by atoms with Crippen molar-refractivity contribution in [2.45, 2.75) is 26.3 Å². The van der Waals surface area contributed by atoms with Crippen LogP contribution in [0.25, 0.3) is 0 Å². The summed E-state index contributed by atoms with van der Waals surface area (Å²) in [5.74, 6) is 0. The molecular formula is C11H16N4S. The SMILES string of the molecule is Cc1cc(C(N)Cc2cn(C)nn2)sc1C. The first-order valence-corrected chi connectivity index (χ1v) is 6.05. The van der Waals surface area contributed by atoms with Crippen LogP contribution < -0.4 is 5.73 Å². The summed E-state index contributed by atoms with van der Waals surface area (Å²) in [5, 5.41) is 7.95. The minimum atomic E-state index is 0.0223. The monoisotopic (exact) mass is 236 g/mol. The van der Waals surface area contributed by atoms with Crippen LogP contribution >= 0.6 is 11.3 Å². The van der Waals surface area contributed by atoms with Gasteiger partial charge in [0.05, 0.1) is 5.69 Å². The van der Waals surface area contributed by atoms with E-state index in [1.807, 2.05) is 13.2 Å². The van der Waals surface area contributed by atoms with E-state index in [1.54, 1.807) is 16.0 Å². The summed E-state index contributed by atoms with van der Waals surface area (Å²) in [6.07, 6.45) is 2.65. The normalized spacial score (nSPS) is 13.0. The predicted molar refractivity (Wildman–Crippen MR) is 65.4 cm³/mol. The minimum absolute atomic E-state index is 0.0223. The lowest BCUT2D eigenvalue weighted by atomic mass is 10.1. The summed E-state index contributed by atoms with van der Waals surface area (Å²) >= 11 is 1.77. The van der Waals surface area contributed by atoms with E-state index in [0.29, 0.717) is 0 Å². The number of thiophene rings is 1. The van der Waals surface area contributed by atoms with Gasteiger partial charge < -0.3 is 5.73 Å². The summed E-state index contributed by atoms with van der Waals surface area (Å²) < 4.78 is 1.70. The van der Waals surface area contributed by atoms with E-state index in [4.69, 9.17) is 5.73 Å². The van der Waals surface area contributed by atoms with E-state index in [9.17, 15) is 0 Å². The Morgan fingerprint density at radius 1 is 1.50 bits per heavy atom. The van der Waals surface area contributed by atoms with Crippen molar-refractivity contribution in [2.75, 3.05) is 0 Å². The molecule has 2 aromatic rings. The molecular weight excluding hydrogens is 220 g/mol. The molecule has 0 saturated heterocycles. The van der Waals surface area contributed by atoms with Crippen molar-refractivity contribution in [3.63, 3.8) is 0 Å². The number of rotatable bonds is 3. The van der Waals surface area contributed by atoms with Crippen LogP contribution in [0, 0.1) is 13.8 Å². The Kier molecular flexibility index (Phi) is 3.07. The van der Waals surface area contributed by atoms with E-state index in [1.165, 1.54) is 15.3 Å². The van der Waals surface area contributed by atoms with Crippen molar-refractivity contribution in [1.82, 2.24) is 15.0 Å². The lowest BCUT2D eigenvalue weighted by Gasteiger charge is -2.06. The van der Waals surface area contributed by atoms with Gasteiger partial charge in [-0.25, -0.2) is 0 Å². The highest BCUT2D eigenvalue weighted by atomic mass is 32.1. The topological polar surface area (TPSA) is 56.7 Å². The van der Waals surface area contributed by atoms with Gasteiger partial charge in [0.2, 0.25) is 0 Å². The second-order valence-corrected chi connectivity index (χ2v) is 5.37. The molecule has 0 aliphatic rings. The smallest absolute Gasteiger partial charge is 0.0846 e. The Morgan fingerprint density at radius 2 is 2.25 bits per heavy atom. The third-order valence-corrected chi connectivity index (χ3v) is 3.91. The number of hydrogen-bond acceptors (Lipinski definition) is 4. The van der Waals surface area contributed by atoms with Crippen molar-refractivity contribution >= 4 is 11.3 Å². The number of hydrogen-bond donors (Lipinski definition) is 1. The molecule has 86 valence electrons. The fourth-order valence-electron chi connectivity index (χ4n) is 1.60. The highest BCUT2D eigenvalue weighted by Gasteiger charge is 2.12. The van der Waals surface area contributed by atoms with Gasteiger partial charge in [-0.15, -0.1) is 16.4 Å². The Hall–Kier alpha value is -1.20. The summed E-state index contributed by atoms with van der Waals surface area (Å²) in [6, 6.07) is 2.19. The van der Waals surface area contributed by atoms with E-state index >= 15 is 0 Å². The van der Waals surface area contributed by atoms with Gasteiger partial charge in [0, 0.05) is 35.5 Å². The first kappa shape index (κ1) is 11.3. The number of aromatic nitrogens is 3. The molecule has 4 nitrogen and oxygen atoms in total. The lowest BCUT2D eigenvalue weighted by molar-refractivity contribution is 0.700. The van der Waals surface area contributed by atoms with Crippen LogP contribution in [0.4, 0.5) is 0 Å². The molecule has 0 aliphatic heterocycles. The van der Waals surface area contributed by atoms with E-state index in [0.717, 1.165) is 12.1 Å². The first-order chi connectivity index (χ1) is 7.56. The average molecular weight is 236 g/mol. The maximum Gasteiger partial charge on any atom is 0.0846 e. The largest absolute Gasteiger partial charge is 0.323 e. The Labute approximate surface area is 99.1 Å². The second kappa shape index (κ2) is 4.35. The molecule has 2 N–H and O–H groups in total. The van der Waals surface area contributed by atoms with Gasteiger partial charge >= 0.3 is 0 Å². The minimum Gasteiger partial charge on any atom is -0.323 e. The van der Waals surface area contributed by atoms with Crippen molar-refractivity contribution in [2.24, 2.45) is 12.8 Å². The quantitative estimate of drug-likeness (QED) is 0.883. The molecule has 0 saturated carbocycles. The summed E-state index contributed by atoms with van der Waals surface area (Å²) in [6.45, 7) is 4.24. The van der Waals surface area contributed by atoms with Crippen molar-refractivity contribution in [3.05, 3.63) is 33.3 Å². The zero-order chi connectivity index (χ0) is 11.7. The molecule has 1 atom stereocenters. The predicted octanol–water partition coefficient (Wildman–Crippen LogP) is 1.74. The third-order valence-electron chi connectivity index (χ3n) is 2.63. The van der Waals surface area contributed by atoms with E-state index < -0.39 is 0 Å². The van der Waals surface area contributed by atoms with Gasteiger partial charge in [-0.05, 0) is 25.5 Å². The molecule has 2 rings (SSSR count). The Morgan fingerprint density at radius 3 is 2.75 bits per heavy atom. The van der Waals surface area contributed by atoms with Crippen LogP contribution in [0.1, 0.15) is 27.1 Å². The van der Waals surface area contributed by atoms with Gasteiger partial charge in [0.1, 0.15) is 0 Å². The molecule has 0 radical (unpaired) electrons. The highest BCUT2D eigenvalue weighted by Crippen LogP contribution is 2.26. The first-order valence-electron chi connectivity index (χ1n) is 5.24. The van der Waals surface area contributed by atoms with E-state index in [-0.39, 0.29) is 6.04 Å². The van der Waals surface area contributed by atoms with Gasteiger partial charge in [-0.3, -0.25) is 4.68 Å². The summed E-state index contributed by atoms with van der Waals surface area (Å²) in [4.78, 5) is 2.56. The fraction of sp³-hybridized carbons (Fsp3) is 0.455. The fourth-order valence-corrected chi connectivity index (χ4v) is 2.64. The molecule has 2 heterocycles. The third kappa shape index (κ3) is 2.31. The summed E-state index contributed by atoms with van der Waals surface area (Å²) in [5.41, 5.74) is 8.41. The zero-order valence-electron chi connectivity index (χ0n) is 9.77. The molecule has 0 amide bonds. The molecule has 0 aliphatic carbocycles. The molecule has 1 unspecified atom stereocenters. The number of nitrogens with zero attached hydrogens (tertiary/aromatic N) is 3. The van der Waals surface area contributed by atoms with Crippen LogP contribution in [0.15, 0.2) is 12.3 Å². The standard InChI is InChI=1S/C11H16N4S/c1-7-4-11(16-8(7)2)10(12)5-9-6-15(3)14-13-9/h4,6,10H,5,12H2,1-3H3. The Balaban J connectivity index is 2.11. The molecule has 0 fully saturated rings. The maximum absolute atomic E-state index is 6.15. The maximum atomic E-state index is 6.15. The lowest BCUT2D eigenvalue weighted by Crippen LogP contribution is -2.12. The van der Waals surface area contributed by atoms with Crippen molar-refractivity contribution in [1.29, 1.82) is 0 Å².